The first-order valence-electron chi connectivity index (χ1n) is 10.5. The fourth-order valence-corrected chi connectivity index (χ4v) is 3.52. The van der Waals surface area contributed by atoms with Crippen LogP contribution in [0.15, 0.2) is 48.8 Å². The molecule has 2 heterocycles. The Labute approximate surface area is 187 Å². The summed E-state index contributed by atoms with van der Waals surface area (Å²) in [5.74, 6) is 0.0234. The second-order valence-corrected chi connectivity index (χ2v) is 8.02. The molecule has 2 atom stereocenters. The average molecular weight is 434 g/mol. The summed E-state index contributed by atoms with van der Waals surface area (Å²) in [6.07, 6.45) is 4.08. The van der Waals surface area contributed by atoms with E-state index in [0.29, 0.717) is 24.3 Å². The molecule has 8 nitrogen and oxygen atoms in total. The van der Waals surface area contributed by atoms with Crippen molar-refractivity contribution in [2.45, 2.75) is 38.8 Å². The summed E-state index contributed by atoms with van der Waals surface area (Å²) < 4.78 is 5.35. The van der Waals surface area contributed by atoms with E-state index in [4.69, 9.17) is 4.74 Å². The van der Waals surface area contributed by atoms with E-state index >= 15 is 0 Å². The van der Waals surface area contributed by atoms with E-state index < -0.39 is 23.9 Å². The van der Waals surface area contributed by atoms with Gasteiger partial charge in [-0.3, -0.25) is 14.6 Å². The lowest BCUT2D eigenvalue weighted by molar-refractivity contribution is -0.123. The molecule has 3 rings (SSSR count). The number of nitriles is 1. The third-order valence-corrected chi connectivity index (χ3v) is 5.05. The van der Waals surface area contributed by atoms with Crippen LogP contribution in [0.4, 0.5) is 0 Å². The lowest BCUT2D eigenvalue weighted by Crippen LogP contribution is -2.50. The summed E-state index contributed by atoms with van der Waals surface area (Å²) in [6, 6.07) is 11.4. The highest BCUT2D eigenvalue weighted by Crippen LogP contribution is 2.26. The van der Waals surface area contributed by atoms with Crippen LogP contribution in [0, 0.1) is 17.2 Å². The van der Waals surface area contributed by atoms with Crippen molar-refractivity contribution < 1.29 is 14.3 Å². The Kier molecular flexibility index (Phi) is 7.45. The predicted molar refractivity (Wildman–Crippen MR) is 121 cm³/mol. The Balaban J connectivity index is 1.73. The predicted octanol–water partition coefficient (Wildman–Crippen LogP) is 2.97. The number of nitrogens with zero attached hydrogens (tertiary/aromatic N) is 2. The van der Waals surface area contributed by atoms with Gasteiger partial charge >= 0.3 is 0 Å². The number of benzene rings is 1. The molecule has 3 N–H and O–H groups in total. The number of carbonyl (C=O) groups is 2. The number of ether oxygens (including phenoxy) is 1. The van der Waals surface area contributed by atoms with Crippen molar-refractivity contribution in [3.63, 3.8) is 0 Å². The van der Waals surface area contributed by atoms with Gasteiger partial charge in [0.2, 0.25) is 5.91 Å². The number of carbonyl (C=O) groups excluding carboxylic acids is 2. The van der Waals surface area contributed by atoms with Gasteiger partial charge in [0.05, 0.1) is 13.2 Å². The minimum atomic E-state index is -0.777. The van der Waals surface area contributed by atoms with Gasteiger partial charge in [-0.25, -0.2) is 0 Å². The van der Waals surface area contributed by atoms with E-state index in [0.717, 1.165) is 16.5 Å². The molecule has 2 aromatic heterocycles. The Morgan fingerprint density at radius 2 is 2.03 bits per heavy atom. The Bertz CT molecular complexity index is 1120. The van der Waals surface area contributed by atoms with Crippen LogP contribution in [-0.2, 0) is 11.2 Å². The van der Waals surface area contributed by atoms with Gasteiger partial charge in [0.15, 0.2) is 0 Å². The highest BCUT2D eigenvalue weighted by Gasteiger charge is 2.25. The van der Waals surface area contributed by atoms with Crippen LogP contribution in [0.3, 0.4) is 0 Å². The van der Waals surface area contributed by atoms with Crippen LogP contribution in [-0.4, -0.2) is 41.0 Å². The normalized spacial score (nSPS) is 12.7. The molecule has 0 aliphatic carbocycles. The fourth-order valence-electron chi connectivity index (χ4n) is 3.52. The standard InChI is InChI=1S/C24H27N5O3/c1-15(2)10-20(23(30)27-17(13-25)11-16-6-5-9-26-14-16)29-24(31)21-12-18-19(28-21)7-4-8-22(18)32-3/h4-9,12,14-15,17,20,28H,10-11H2,1-3H3,(H,27,30)(H,29,31). The minimum absolute atomic E-state index is 0.160. The van der Waals surface area contributed by atoms with Crippen LogP contribution in [0.5, 0.6) is 5.75 Å². The summed E-state index contributed by atoms with van der Waals surface area (Å²) in [7, 11) is 1.57. The van der Waals surface area contributed by atoms with Gasteiger partial charge in [0.25, 0.3) is 5.91 Å². The molecule has 1 aromatic carbocycles. The van der Waals surface area contributed by atoms with Crippen LogP contribution in [0.2, 0.25) is 0 Å². The zero-order chi connectivity index (χ0) is 23.1. The lowest BCUT2D eigenvalue weighted by atomic mass is 10.0. The number of H-pyrrole nitrogens is 1. The van der Waals surface area contributed by atoms with Crippen molar-refractivity contribution in [2.75, 3.05) is 7.11 Å². The summed E-state index contributed by atoms with van der Waals surface area (Å²) in [4.78, 5) is 33.0. The number of methoxy groups -OCH3 is 1. The van der Waals surface area contributed by atoms with Crippen molar-refractivity contribution in [1.82, 2.24) is 20.6 Å². The number of hydrogen-bond donors (Lipinski definition) is 3. The van der Waals surface area contributed by atoms with E-state index in [9.17, 15) is 14.9 Å². The van der Waals surface area contributed by atoms with Gasteiger partial charge in [-0.15, -0.1) is 0 Å². The molecule has 0 radical (unpaired) electrons. The van der Waals surface area contributed by atoms with Crippen molar-refractivity contribution in [3.8, 4) is 11.8 Å². The van der Waals surface area contributed by atoms with E-state index in [2.05, 4.69) is 26.7 Å². The molecule has 0 fully saturated rings. The van der Waals surface area contributed by atoms with Gasteiger partial charge in [-0.1, -0.05) is 26.0 Å². The number of nitrogens with one attached hydrogen (secondary N) is 3. The number of fused-ring (bicyclic) bond motifs is 1. The zero-order valence-corrected chi connectivity index (χ0v) is 18.4. The summed E-state index contributed by atoms with van der Waals surface area (Å²) in [6.45, 7) is 3.94. The molecule has 166 valence electrons. The van der Waals surface area contributed by atoms with Crippen LogP contribution in [0.1, 0.15) is 36.3 Å². The fraction of sp³-hybridized carbons (Fsp3) is 0.333. The largest absolute Gasteiger partial charge is 0.496 e. The second-order valence-electron chi connectivity index (χ2n) is 8.02. The van der Waals surface area contributed by atoms with Gasteiger partial charge in [-0.2, -0.15) is 5.26 Å². The minimum Gasteiger partial charge on any atom is -0.496 e. The molecule has 0 spiro atoms. The molecular formula is C24H27N5O3. The van der Waals surface area contributed by atoms with E-state index in [-0.39, 0.29) is 5.92 Å². The maximum Gasteiger partial charge on any atom is 0.268 e. The van der Waals surface area contributed by atoms with Gasteiger partial charge in [0, 0.05) is 29.7 Å². The quantitative estimate of drug-likeness (QED) is 0.479. The lowest BCUT2D eigenvalue weighted by Gasteiger charge is -2.21. The smallest absolute Gasteiger partial charge is 0.268 e. The molecule has 32 heavy (non-hydrogen) atoms. The third-order valence-electron chi connectivity index (χ3n) is 5.05. The number of hydrogen-bond acceptors (Lipinski definition) is 5. The first-order chi connectivity index (χ1) is 15.4. The molecular weight excluding hydrogens is 406 g/mol. The monoisotopic (exact) mass is 433 g/mol. The van der Waals surface area contributed by atoms with E-state index in [1.165, 1.54) is 0 Å². The first kappa shape index (κ1) is 22.8. The third kappa shape index (κ3) is 5.64. The maximum absolute atomic E-state index is 13.0. The van der Waals surface area contributed by atoms with E-state index in [1.54, 1.807) is 31.6 Å². The maximum atomic E-state index is 13.0. The van der Waals surface area contributed by atoms with Gasteiger partial charge < -0.3 is 20.4 Å². The summed E-state index contributed by atoms with van der Waals surface area (Å²) in [5, 5.41) is 15.8. The van der Waals surface area contributed by atoms with Crippen LogP contribution >= 0.6 is 0 Å². The molecule has 0 bridgehead atoms. The Hall–Kier alpha value is -3.86. The highest BCUT2D eigenvalue weighted by molar-refractivity contribution is 6.01. The molecule has 8 heteroatoms. The SMILES string of the molecule is COc1cccc2[nH]c(C(=O)NC(CC(C)C)C(=O)NC(C#N)Cc3cccnc3)cc12. The highest BCUT2D eigenvalue weighted by atomic mass is 16.5. The molecule has 0 aliphatic heterocycles. The number of aromatic amines is 1. The second kappa shape index (κ2) is 10.4. The molecule has 0 saturated carbocycles. The Morgan fingerprint density at radius 3 is 2.69 bits per heavy atom. The number of aromatic nitrogens is 2. The van der Waals surface area contributed by atoms with Crippen molar-refractivity contribution >= 4 is 22.7 Å². The molecule has 2 amide bonds. The topological polar surface area (TPSA) is 120 Å². The van der Waals surface area contributed by atoms with Crippen molar-refractivity contribution in [1.29, 1.82) is 5.26 Å². The summed E-state index contributed by atoms with van der Waals surface area (Å²) >= 11 is 0. The number of amides is 2. The molecule has 3 aromatic rings. The van der Waals surface area contributed by atoms with Gasteiger partial charge in [-0.05, 0) is 42.2 Å². The van der Waals surface area contributed by atoms with Gasteiger partial charge in [0.1, 0.15) is 23.5 Å². The Morgan fingerprint density at radius 1 is 1.22 bits per heavy atom. The average Bonchev–Trinajstić information content (AvgIpc) is 3.23. The molecule has 2 unspecified atom stereocenters. The zero-order valence-electron chi connectivity index (χ0n) is 18.4. The summed E-state index contributed by atoms with van der Waals surface area (Å²) in [5.41, 5.74) is 1.94. The van der Waals surface area contributed by atoms with E-state index in [1.807, 2.05) is 38.1 Å². The number of rotatable bonds is 9. The van der Waals surface area contributed by atoms with Crippen LogP contribution in [0.25, 0.3) is 10.9 Å². The number of pyridine rings is 1. The van der Waals surface area contributed by atoms with Crippen molar-refractivity contribution in [2.24, 2.45) is 5.92 Å². The first-order valence-corrected chi connectivity index (χ1v) is 10.5. The van der Waals surface area contributed by atoms with Crippen LogP contribution < -0.4 is 15.4 Å². The molecule has 0 saturated heterocycles. The molecule has 0 aliphatic rings. The van der Waals surface area contributed by atoms with Crippen molar-refractivity contribution in [3.05, 3.63) is 60.0 Å².